The predicted octanol–water partition coefficient (Wildman–Crippen LogP) is 6.88. The molecule has 5 rings (SSSR count). The van der Waals surface area contributed by atoms with Gasteiger partial charge in [-0.05, 0) is 105 Å². The van der Waals surface area contributed by atoms with E-state index < -0.39 is 0 Å². The smallest absolute Gasteiger partial charge is 0.174 e. The van der Waals surface area contributed by atoms with Crippen molar-refractivity contribution in [1.82, 2.24) is 14.9 Å². The second-order valence-electron chi connectivity index (χ2n) is 8.57. The Morgan fingerprint density at radius 2 is 1.71 bits per heavy atom. The lowest BCUT2D eigenvalue weighted by atomic mass is 9.96. The third-order valence-corrected chi connectivity index (χ3v) is 7.23. The Bertz CT molecular complexity index is 1370. The fourth-order valence-electron chi connectivity index (χ4n) is 4.80. The van der Waals surface area contributed by atoms with E-state index in [1.165, 1.54) is 6.07 Å². The van der Waals surface area contributed by atoms with Crippen molar-refractivity contribution in [2.75, 3.05) is 4.90 Å². The molecule has 0 radical (unpaired) electrons. The number of rotatable bonds is 4. The zero-order chi connectivity index (χ0) is 24.0. The van der Waals surface area contributed by atoms with Crippen LogP contribution in [-0.4, -0.2) is 14.7 Å². The number of pyridine rings is 1. The van der Waals surface area contributed by atoms with Crippen LogP contribution in [0.5, 0.6) is 0 Å². The first-order chi connectivity index (χ1) is 16.3. The number of aryl methyl sites for hydroxylation is 2. The molecule has 2 atom stereocenters. The average Bonchev–Trinajstić information content (AvgIpc) is 3.32. The maximum Gasteiger partial charge on any atom is 0.174 e. The van der Waals surface area contributed by atoms with E-state index >= 15 is 0 Å². The van der Waals surface area contributed by atoms with Gasteiger partial charge in [0.2, 0.25) is 0 Å². The number of nitrogens with one attached hydrogen (secondary N) is 1. The molecule has 1 N–H and O–H groups in total. The van der Waals surface area contributed by atoms with Crippen LogP contribution in [0.3, 0.4) is 0 Å². The minimum atomic E-state index is -0.229. The van der Waals surface area contributed by atoms with Crippen molar-refractivity contribution in [2.45, 2.75) is 32.9 Å². The van der Waals surface area contributed by atoms with Gasteiger partial charge in [-0.1, -0.05) is 22.0 Å². The SMILES string of the molecule is Cc1cc(N2C(=S)N[C@H](c3ccccn3)[C@H]2c2cc(C)n(-c3ccc(Br)cc3)c2C)ccc1F. The molecule has 1 aliphatic rings. The van der Waals surface area contributed by atoms with Gasteiger partial charge in [0, 0.05) is 33.4 Å². The standard InChI is InChI=1S/C27H24BrFN4S/c1-16-14-21(11-12-23(16)29)33-26(25(31-27(33)34)24-6-4-5-13-30-24)22-15-17(2)32(18(22)3)20-9-7-19(28)8-10-20/h4-15,25-26H,1-3H3,(H,31,34)/t25-,26-/m1/s1. The Morgan fingerprint density at radius 3 is 2.38 bits per heavy atom. The van der Waals surface area contributed by atoms with Crippen molar-refractivity contribution < 1.29 is 4.39 Å². The third-order valence-electron chi connectivity index (χ3n) is 6.39. The molecule has 4 aromatic rings. The van der Waals surface area contributed by atoms with Gasteiger partial charge in [0.15, 0.2) is 5.11 Å². The molecule has 1 fully saturated rings. The van der Waals surface area contributed by atoms with Crippen LogP contribution in [-0.2, 0) is 0 Å². The van der Waals surface area contributed by atoms with Gasteiger partial charge >= 0.3 is 0 Å². The van der Waals surface area contributed by atoms with Crippen LogP contribution in [0.1, 0.15) is 40.3 Å². The summed E-state index contributed by atoms with van der Waals surface area (Å²) in [5.41, 5.74) is 6.84. The summed E-state index contributed by atoms with van der Waals surface area (Å²) in [6.45, 7) is 6.02. The number of hydrogen-bond acceptors (Lipinski definition) is 2. The number of hydrogen-bond donors (Lipinski definition) is 1. The van der Waals surface area contributed by atoms with Gasteiger partial charge in [-0.15, -0.1) is 0 Å². The Kier molecular flexibility index (Phi) is 6.00. The van der Waals surface area contributed by atoms with Crippen molar-refractivity contribution in [1.29, 1.82) is 0 Å². The molecule has 7 heteroatoms. The highest BCUT2D eigenvalue weighted by Gasteiger charge is 2.42. The maximum atomic E-state index is 14.1. The Balaban J connectivity index is 1.68. The van der Waals surface area contributed by atoms with Gasteiger partial charge in [-0.2, -0.15) is 0 Å². The lowest BCUT2D eigenvalue weighted by molar-refractivity contribution is 0.564. The number of halogens is 2. The lowest BCUT2D eigenvalue weighted by Gasteiger charge is -2.28. The zero-order valence-electron chi connectivity index (χ0n) is 19.1. The highest BCUT2D eigenvalue weighted by atomic mass is 79.9. The summed E-state index contributed by atoms with van der Waals surface area (Å²) in [4.78, 5) is 6.73. The Hall–Kier alpha value is -3.03. The van der Waals surface area contributed by atoms with E-state index in [4.69, 9.17) is 12.2 Å². The van der Waals surface area contributed by atoms with Gasteiger partial charge in [0.1, 0.15) is 5.82 Å². The van der Waals surface area contributed by atoms with Crippen molar-refractivity contribution in [3.63, 3.8) is 0 Å². The van der Waals surface area contributed by atoms with E-state index in [9.17, 15) is 4.39 Å². The molecule has 0 amide bonds. The number of nitrogens with zero attached hydrogens (tertiary/aromatic N) is 3. The molecule has 2 aromatic carbocycles. The summed E-state index contributed by atoms with van der Waals surface area (Å²) in [7, 11) is 0. The zero-order valence-corrected chi connectivity index (χ0v) is 21.5. The van der Waals surface area contributed by atoms with E-state index in [0.29, 0.717) is 10.7 Å². The summed E-state index contributed by atoms with van der Waals surface area (Å²) in [6, 6.07) is 21.3. The molecule has 3 heterocycles. The van der Waals surface area contributed by atoms with E-state index in [1.807, 2.05) is 36.4 Å². The topological polar surface area (TPSA) is 33.1 Å². The van der Waals surface area contributed by atoms with E-state index in [-0.39, 0.29) is 17.9 Å². The van der Waals surface area contributed by atoms with Crippen LogP contribution < -0.4 is 10.2 Å². The van der Waals surface area contributed by atoms with Gasteiger partial charge in [-0.25, -0.2) is 4.39 Å². The maximum absolute atomic E-state index is 14.1. The number of benzene rings is 2. The van der Waals surface area contributed by atoms with Crippen LogP contribution in [0.15, 0.2) is 77.4 Å². The molecule has 1 aliphatic heterocycles. The van der Waals surface area contributed by atoms with E-state index in [1.54, 1.807) is 19.2 Å². The first-order valence-corrected chi connectivity index (χ1v) is 12.3. The minimum absolute atomic E-state index is 0.150. The van der Waals surface area contributed by atoms with E-state index in [2.05, 4.69) is 67.7 Å². The van der Waals surface area contributed by atoms with Crippen LogP contribution in [0, 0.1) is 26.6 Å². The summed E-state index contributed by atoms with van der Waals surface area (Å²) in [5.74, 6) is -0.229. The van der Waals surface area contributed by atoms with Crippen LogP contribution >= 0.6 is 28.1 Å². The highest BCUT2D eigenvalue weighted by molar-refractivity contribution is 9.10. The number of anilines is 1. The van der Waals surface area contributed by atoms with Crippen molar-refractivity contribution in [2.24, 2.45) is 0 Å². The van der Waals surface area contributed by atoms with Gasteiger partial charge in [-0.3, -0.25) is 4.98 Å². The van der Waals surface area contributed by atoms with Gasteiger partial charge < -0.3 is 14.8 Å². The molecule has 0 aliphatic carbocycles. The third kappa shape index (κ3) is 3.93. The van der Waals surface area contributed by atoms with Gasteiger partial charge in [0.05, 0.1) is 17.8 Å². The molecule has 4 nitrogen and oxygen atoms in total. The first kappa shape index (κ1) is 22.7. The van der Waals surface area contributed by atoms with E-state index in [0.717, 1.165) is 38.5 Å². The van der Waals surface area contributed by atoms with Gasteiger partial charge in [0.25, 0.3) is 0 Å². The summed E-state index contributed by atoms with van der Waals surface area (Å²) >= 11 is 9.35. The minimum Gasteiger partial charge on any atom is -0.351 e. The quantitative estimate of drug-likeness (QED) is 0.289. The predicted molar refractivity (Wildman–Crippen MR) is 142 cm³/mol. The molecule has 172 valence electrons. The molecule has 34 heavy (non-hydrogen) atoms. The summed E-state index contributed by atoms with van der Waals surface area (Å²) in [6.07, 6.45) is 1.80. The molecule has 0 bridgehead atoms. The highest BCUT2D eigenvalue weighted by Crippen LogP contribution is 2.44. The Morgan fingerprint density at radius 1 is 0.971 bits per heavy atom. The molecule has 1 saturated heterocycles. The number of aromatic nitrogens is 2. The fraction of sp³-hybridized carbons (Fsp3) is 0.185. The van der Waals surface area contributed by atoms with Crippen LogP contribution in [0.25, 0.3) is 5.69 Å². The first-order valence-electron chi connectivity index (χ1n) is 11.1. The van der Waals surface area contributed by atoms with Crippen LogP contribution in [0.4, 0.5) is 10.1 Å². The molecule has 2 aromatic heterocycles. The van der Waals surface area contributed by atoms with Crippen molar-refractivity contribution >= 4 is 38.9 Å². The van der Waals surface area contributed by atoms with Crippen LogP contribution in [0.2, 0.25) is 0 Å². The second kappa shape index (κ2) is 8.96. The number of thiocarbonyl (C=S) groups is 1. The largest absolute Gasteiger partial charge is 0.351 e. The summed E-state index contributed by atoms with van der Waals surface area (Å²) < 4.78 is 17.4. The average molecular weight is 535 g/mol. The molecular weight excluding hydrogens is 511 g/mol. The normalized spacial score (nSPS) is 17.8. The van der Waals surface area contributed by atoms with Crippen molar-refractivity contribution in [3.05, 3.63) is 111 Å². The second-order valence-corrected chi connectivity index (χ2v) is 9.87. The molecule has 0 spiro atoms. The lowest BCUT2D eigenvalue weighted by Crippen LogP contribution is -2.29. The fourth-order valence-corrected chi connectivity index (χ4v) is 5.41. The van der Waals surface area contributed by atoms with Crippen molar-refractivity contribution in [3.8, 4) is 5.69 Å². The molecule has 0 unspecified atom stereocenters. The molecule has 0 saturated carbocycles. The Labute approximate surface area is 212 Å². The monoisotopic (exact) mass is 534 g/mol. The summed E-state index contributed by atoms with van der Waals surface area (Å²) in [5, 5.41) is 4.09. The molecular formula is C27H24BrFN4S.